The third-order valence-electron chi connectivity index (χ3n) is 6.68. The van der Waals surface area contributed by atoms with Gasteiger partial charge >= 0.3 is 5.97 Å². The van der Waals surface area contributed by atoms with Crippen molar-refractivity contribution in [2.75, 3.05) is 0 Å². The van der Waals surface area contributed by atoms with Crippen LogP contribution in [0.2, 0.25) is 19.6 Å². The summed E-state index contributed by atoms with van der Waals surface area (Å²) < 4.78 is 6.92. The van der Waals surface area contributed by atoms with Crippen LogP contribution >= 0.6 is 0 Å². The van der Waals surface area contributed by atoms with Crippen LogP contribution in [-0.4, -0.2) is 33.8 Å². The summed E-state index contributed by atoms with van der Waals surface area (Å²) in [5.74, 6) is -0.326. The number of hydrogen-bond donors (Lipinski definition) is 2. The number of phenols is 1. The summed E-state index contributed by atoms with van der Waals surface area (Å²) in [6, 6.07) is 6.99. The topological polar surface area (TPSA) is 102 Å². The lowest BCUT2D eigenvalue weighted by atomic mass is 9.85. The summed E-state index contributed by atoms with van der Waals surface area (Å²) >= 11 is 0. The lowest BCUT2D eigenvalue weighted by Gasteiger charge is -2.26. The number of cyclic esters (lactones) is 1. The third-order valence-corrected chi connectivity index (χ3v) is 8.75. The number of carbonyl (C=O) groups excluding carboxylic acids is 1. The molecule has 5 rings (SSSR count). The van der Waals surface area contributed by atoms with E-state index in [1.807, 2.05) is 6.07 Å². The molecule has 3 aromatic rings. The predicted octanol–water partition coefficient (Wildman–Crippen LogP) is 2.72. The van der Waals surface area contributed by atoms with E-state index in [4.69, 9.17) is 9.72 Å². The van der Waals surface area contributed by atoms with Gasteiger partial charge in [-0.15, -0.1) is 0 Å². The standard InChI is InChI=1S/C24H26N2O5Si/c1-5-24(30)10-20(28)31-12-16-17(24)9-19-21-15(11-26(19)23(16)29)22(32(2,3)4)14-8-13(27)6-7-18(14)25-21/h6-9,27,30H,5,10-12H2,1-4H3/t24-/m1/s1. The maximum atomic E-state index is 13.5. The van der Waals surface area contributed by atoms with Gasteiger partial charge in [0.1, 0.15) is 18.0 Å². The molecule has 0 aliphatic carbocycles. The van der Waals surface area contributed by atoms with Gasteiger partial charge in [-0.3, -0.25) is 9.59 Å². The molecule has 1 atom stereocenters. The van der Waals surface area contributed by atoms with Gasteiger partial charge in [0.25, 0.3) is 5.56 Å². The fourth-order valence-electron chi connectivity index (χ4n) is 5.12. The van der Waals surface area contributed by atoms with Crippen molar-refractivity contribution in [2.24, 2.45) is 0 Å². The number of fused-ring (bicyclic) bond motifs is 5. The molecule has 32 heavy (non-hydrogen) atoms. The van der Waals surface area contributed by atoms with E-state index in [9.17, 15) is 19.8 Å². The summed E-state index contributed by atoms with van der Waals surface area (Å²) in [4.78, 5) is 30.5. The number of phenolic OH excluding ortho intramolecular Hbond substituents is 1. The number of ether oxygens (including phenoxy) is 1. The Balaban J connectivity index is 1.85. The largest absolute Gasteiger partial charge is 0.508 e. The predicted molar refractivity (Wildman–Crippen MR) is 124 cm³/mol. The van der Waals surface area contributed by atoms with Crippen molar-refractivity contribution in [1.29, 1.82) is 0 Å². The second kappa shape index (κ2) is 6.76. The first-order valence-corrected chi connectivity index (χ1v) is 14.3. The molecule has 0 radical (unpaired) electrons. The zero-order valence-electron chi connectivity index (χ0n) is 18.7. The lowest BCUT2D eigenvalue weighted by molar-refractivity contribution is -0.149. The van der Waals surface area contributed by atoms with E-state index in [-0.39, 0.29) is 30.8 Å². The van der Waals surface area contributed by atoms with Gasteiger partial charge in [-0.25, -0.2) is 4.98 Å². The van der Waals surface area contributed by atoms with Crippen molar-refractivity contribution in [3.8, 4) is 17.1 Å². The number of aliphatic hydroxyl groups is 1. The van der Waals surface area contributed by atoms with Gasteiger partial charge < -0.3 is 19.5 Å². The molecule has 0 bridgehead atoms. The highest BCUT2D eigenvalue weighted by atomic mass is 28.3. The number of aromatic nitrogens is 2. The van der Waals surface area contributed by atoms with Gasteiger partial charge in [-0.2, -0.15) is 0 Å². The van der Waals surface area contributed by atoms with E-state index < -0.39 is 19.6 Å². The third kappa shape index (κ3) is 2.93. The van der Waals surface area contributed by atoms with Gasteiger partial charge in [0.15, 0.2) is 0 Å². The highest BCUT2D eigenvalue weighted by molar-refractivity contribution is 6.90. The number of rotatable bonds is 2. The fraction of sp³-hybridized carbons (Fsp3) is 0.375. The van der Waals surface area contributed by atoms with E-state index in [0.717, 1.165) is 22.2 Å². The van der Waals surface area contributed by atoms with Crippen molar-refractivity contribution in [3.05, 3.63) is 51.3 Å². The van der Waals surface area contributed by atoms with Crippen molar-refractivity contribution in [2.45, 2.75) is 58.2 Å². The number of hydrogen-bond acceptors (Lipinski definition) is 6. The number of nitrogens with zero attached hydrogens (tertiary/aromatic N) is 2. The summed E-state index contributed by atoms with van der Waals surface area (Å²) in [6.07, 6.45) is 0.103. The second-order valence-corrected chi connectivity index (χ2v) is 14.8. The smallest absolute Gasteiger partial charge is 0.309 e. The van der Waals surface area contributed by atoms with Crippen LogP contribution in [0.1, 0.15) is 36.5 Å². The lowest BCUT2D eigenvalue weighted by Crippen LogP contribution is -2.41. The van der Waals surface area contributed by atoms with Crippen LogP contribution in [0.15, 0.2) is 29.1 Å². The highest BCUT2D eigenvalue weighted by Crippen LogP contribution is 2.39. The number of carbonyl (C=O) groups is 1. The van der Waals surface area contributed by atoms with E-state index >= 15 is 0 Å². The number of pyridine rings is 2. The molecule has 2 aliphatic heterocycles. The first-order valence-electron chi connectivity index (χ1n) is 10.8. The minimum atomic E-state index is -1.90. The molecule has 0 fully saturated rings. The molecule has 4 heterocycles. The zero-order chi connectivity index (χ0) is 23.0. The van der Waals surface area contributed by atoms with Crippen LogP contribution < -0.4 is 10.7 Å². The Bertz CT molecular complexity index is 1370. The zero-order valence-corrected chi connectivity index (χ0v) is 19.7. The molecule has 2 N–H and O–H groups in total. The number of aromatic hydroxyl groups is 1. The maximum absolute atomic E-state index is 13.5. The molecule has 0 unspecified atom stereocenters. The van der Waals surface area contributed by atoms with E-state index in [2.05, 4.69) is 19.6 Å². The normalized spacial score (nSPS) is 19.8. The maximum Gasteiger partial charge on any atom is 0.309 e. The van der Waals surface area contributed by atoms with Gasteiger partial charge in [-0.1, -0.05) is 26.6 Å². The van der Waals surface area contributed by atoms with Gasteiger partial charge in [-0.05, 0) is 47.0 Å². The average Bonchev–Trinajstić information content (AvgIpc) is 3.01. The Hall–Kier alpha value is -2.97. The first-order chi connectivity index (χ1) is 15.0. The van der Waals surface area contributed by atoms with Crippen molar-refractivity contribution < 1.29 is 19.7 Å². The average molecular weight is 451 g/mol. The minimum Gasteiger partial charge on any atom is -0.508 e. The van der Waals surface area contributed by atoms with Crippen LogP contribution in [-0.2, 0) is 28.3 Å². The summed E-state index contributed by atoms with van der Waals surface area (Å²) in [5, 5.41) is 23.5. The summed E-state index contributed by atoms with van der Waals surface area (Å²) in [6.45, 7) is 8.74. The number of esters is 1. The van der Waals surface area contributed by atoms with E-state index in [0.29, 0.717) is 23.4 Å². The molecular formula is C24H26N2O5Si. The molecule has 0 saturated carbocycles. The Labute approximate surface area is 186 Å². The highest BCUT2D eigenvalue weighted by Gasteiger charge is 2.40. The van der Waals surface area contributed by atoms with Crippen LogP contribution in [0, 0.1) is 0 Å². The Morgan fingerprint density at radius 2 is 1.94 bits per heavy atom. The van der Waals surface area contributed by atoms with Gasteiger partial charge in [0.05, 0.1) is 43.5 Å². The number of benzene rings is 1. The van der Waals surface area contributed by atoms with Crippen LogP contribution in [0.3, 0.4) is 0 Å². The first kappa shape index (κ1) is 20.9. The molecule has 2 aromatic heterocycles. The molecular weight excluding hydrogens is 424 g/mol. The summed E-state index contributed by atoms with van der Waals surface area (Å²) in [7, 11) is -1.90. The van der Waals surface area contributed by atoms with Crippen molar-refractivity contribution in [1.82, 2.24) is 9.55 Å². The quantitative estimate of drug-likeness (QED) is 0.360. The van der Waals surface area contributed by atoms with Crippen LogP contribution in [0.25, 0.3) is 22.3 Å². The Morgan fingerprint density at radius 1 is 1.19 bits per heavy atom. The molecule has 1 aromatic carbocycles. The molecule has 0 amide bonds. The molecule has 7 nitrogen and oxygen atoms in total. The molecule has 166 valence electrons. The van der Waals surface area contributed by atoms with Crippen LogP contribution in [0.4, 0.5) is 0 Å². The molecule has 0 saturated heterocycles. The van der Waals surface area contributed by atoms with E-state index in [1.165, 1.54) is 5.19 Å². The van der Waals surface area contributed by atoms with E-state index in [1.54, 1.807) is 29.7 Å². The summed E-state index contributed by atoms with van der Waals surface area (Å²) in [5.41, 5.74) is 2.21. The Morgan fingerprint density at radius 3 is 2.62 bits per heavy atom. The molecule has 0 spiro atoms. The monoisotopic (exact) mass is 450 g/mol. The second-order valence-electron chi connectivity index (χ2n) is 9.80. The minimum absolute atomic E-state index is 0.143. The fourth-order valence-corrected chi connectivity index (χ4v) is 7.23. The van der Waals surface area contributed by atoms with Crippen molar-refractivity contribution >= 4 is 30.1 Å². The van der Waals surface area contributed by atoms with Gasteiger partial charge in [0, 0.05) is 5.39 Å². The SMILES string of the molecule is CC[C@@]1(O)CC(=O)OCc2c1cc1n(c2=O)Cc2c-1nc1ccc(O)cc1c2[Si](C)(C)C. The van der Waals surface area contributed by atoms with Crippen molar-refractivity contribution in [3.63, 3.8) is 0 Å². The Kier molecular flexibility index (Phi) is 4.42. The molecule has 2 aliphatic rings. The molecule has 8 heteroatoms. The van der Waals surface area contributed by atoms with Crippen LogP contribution in [0.5, 0.6) is 5.75 Å². The van der Waals surface area contributed by atoms with Gasteiger partial charge in [0.2, 0.25) is 0 Å².